The molecule has 0 aliphatic carbocycles. The van der Waals surface area contributed by atoms with E-state index in [1.807, 2.05) is 48.4 Å². The van der Waals surface area contributed by atoms with Crippen LogP contribution in [0.5, 0.6) is 0 Å². The molecule has 9 heteroatoms. The van der Waals surface area contributed by atoms with E-state index in [1.165, 1.54) is 0 Å². The zero-order valence-corrected chi connectivity index (χ0v) is 17.4. The molecule has 1 aliphatic rings. The number of carbonyl (C=O) groups is 1. The van der Waals surface area contributed by atoms with Crippen LogP contribution in [0.1, 0.15) is 30.5 Å². The molecular formula is C20H24N6O2S. The summed E-state index contributed by atoms with van der Waals surface area (Å²) in [6, 6.07) is 7.92. The first-order valence-corrected chi connectivity index (χ1v) is 10.6. The molecular weight excluding hydrogens is 388 g/mol. The summed E-state index contributed by atoms with van der Waals surface area (Å²) in [4.78, 5) is 26.5. The maximum Gasteiger partial charge on any atom is 0.317 e. The maximum absolute atomic E-state index is 12.4. The molecule has 0 radical (unpaired) electrons. The Labute approximate surface area is 173 Å². The monoisotopic (exact) mass is 412 g/mol. The van der Waals surface area contributed by atoms with Crippen LogP contribution in [-0.2, 0) is 6.54 Å². The average Bonchev–Trinajstić information content (AvgIpc) is 3.44. The standard InChI is InChI=1S/C20H24N6O2S/c1-14(2)19-23-18(24-28-19)15-5-6-17(21-12-15)25-7-9-26(10-8-25)20(27)22-13-16-4-3-11-29-16/h3-6,11-12,14H,7-10,13H2,1-2H3,(H,22,27). The molecule has 1 fully saturated rings. The van der Waals surface area contributed by atoms with E-state index in [9.17, 15) is 4.79 Å². The normalized spacial score (nSPS) is 14.4. The Morgan fingerprint density at radius 1 is 1.24 bits per heavy atom. The molecule has 4 heterocycles. The van der Waals surface area contributed by atoms with Crippen molar-refractivity contribution in [1.82, 2.24) is 25.3 Å². The van der Waals surface area contributed by atoms with E-state index < -0.39 is 0 Å². The summed E-state index contributed by atoms with van der Waals surface area (Å²) >= 11 is 1.65. The maximum atomic E-state index is 12.4. The van der Waals surface area contributed by atoms with E-state index in [1.54, 1.807) is 17.5 Å². The van der Waals surface area contributed by atoms with Crippen LogP contribution in [0.4, 0.5) is 10.6 Å². The summed E-state index contributed by atoms with van der Waals surface area (Å²) in [6.45, 7) is 7.44. The van der Waals surface area contributed by atoms with E-state index in [0.717, 1.165) is 29.3 Å². The number of piperazine rings is 1. The lowest BCUT2D eigenvalue weighted by atomic mass is 10.2. The van der Waals surface area contributed by atoms with Gasteiger partial charge in [0.05, 0.1) is 6.54 Å². The number of aromatic nitrogens is 3. The highest BCUT2D eigenvalue weighted by Crippen LogP contribution is 2.21. The van der Waals surface area contributed by atoms with Crippen LogP contribution in [0.25, 0.3) is 11.4 Å². The minimum atomic E-state index is -0.0144. The van der Waals surface area contributed by atoms with Gasteiger partial charge in [-0.2, -0.15) is 4.98 Å². The lowest BCUT2D eigenvalue weighted by molar-refractivity contribution is 0.194. The third kappa shape index (κ3) is 4.56. The van der Waals surface area contributed by atoms with E-state index in [4.69, 9.17) is 4.52 Å². The van der Waals surface area contributed by atoms with Crippen LogP contribution in [0.15, 0.2) is 40.4 Å². The highest BCUT2D eigenvalue weighted by molar-refractivity contribution is 7.09. The first-order chi connectivity index (χ1) is 14.1. The number of urea groups is 1. The number of anilines is 1. The molecule has 1 N–H and O–H groups in total. The number of nitrogens with one attached hydrogen (secondary N) is 1. The Bertz CT molecular complexity index is 930. The van der Waals surface area contributed by atoms with Gasteiger partial charge >= 0.3 is 6.03 Å². The lowest BCUT2D eigenvalue weighted by Crippen LogP contribution is -2.51. The van der Waals surface area contributed by atoms with Crippen molar-refractivity contribution >= 4 is 23.2 Å². The molecule has 1 aliphatic heterocycles. The van der Waals surface area contributed by atoms with Crippen molar-refractivity contribution in [3.8, 4) is 11.4 Å². The molecule has 2 amide bonds. The third-order valence-corrected chi connectivity index (χ3v) is 5.70. The van der Waals surface area contributed by atoms with Gasteiger partial charge in [-0.15, -0.1) is 11.3 Å². The van der Waals surface area contributed by atoms with Crippen molar-refractivity contribution in [1.29, 1.82) is 0 Å². The van der Waals surface area contributed by atoms with Crippen molar-refractivity contribution < 1.29 is 9.32 Å². The van der Waals surface area contributed by atoms with Gasteiger partial charge in [0.1, 0.15) is 5.82 Å². The second kappa shape index (κ2) is 8.60. The van der Waals surface area contributed by atoms with Crippen LogP contribution in [0.2, 0.25) is 0 Å². The number of carbonyl (C=O) groups excluding carboxylic acids is 1. The van der Waals surface area contributed by atoms with Crippen LogP contribution in [0.3, 0.4) is 0 Å². The Hall–Kier alpha value is -2.94. The second-order valence-electron chi connectivity index (χ2n) is 7.23. The third-order valence-electron chi connectivity index (χ3n) is 4.83. The predicted molar refractivity (Wildman–Crippen MR) is 112 cm³/mol. The van der Waals surface area contributed by atoms with Gasteiger partial charge in [0.15, 0.2) is 0 Å². The number of amides is 2. The van der Waals surface area contributed by atoms with E-state index >= 15 is 0 Å². The Morgan fingerprint density at radius 2 is 2.07 bits per heavy atom. The molecule has 1 saturated heterocycles. The van der Waals surface area contributed by atoms with Gasteiger partial charge in [0, 0.05) is 48.7 Å². The highest BCUT2D eigenvalue weighted by Gasteiger charge is 2.22. The second-order valence-corrected chi connectivity index (χ2v) is 8.26. The molecule has 152 valence electrons. The van der Waals surface area contributed by atoms with Crippen molar-refractivity contribution in [2.75, 3.05) is 31.1 Å². The first-order valence-electron chi connectivity index (χ1n) is 9.70. The minimum Gasteiger partial charge on any atom is -0.353 e. The molecule has 0 aromatic carbocycles. The van der Waals surface area contributed by atoms with Crippen LogP contribution < -0.4 is 10.2 Å². The summed E-state index contributed by atoms with van der Waals surface area (Å²) in [7, 11) is 0. The molecule has 8 nitrogen and oxygen atoms in total. The largest absolute Gasteiger partial charge is 0.353 e. The van der Waals surface area contributed by atoms with Gasteiger partial charge < -0.3 is 19.6 Å². The van der Waals surface area contributed by atoms with Gasteiger partial charge in [0.2, 0.25) is 11.7 Å². The number of rotatable bonds is 5. The number of hydrogen-bond acceptors (Lipinski definition) is 7. The number of nitrogens with zero attached hydrogens (tertiary/aromatic N) is 5. The van der Waals surface area contributed by atoms with Crippen LogP contribution in [-0.4, -0.2) is 52.2 Å². The summed E-state index contributed by atoms with van der Waals surface area (Å²) in [5.74, 6) is 2.26. The Morgan fingerprint density at radius 3 is 2.69 bits per heavy atom. The molecule has 0 unspecified atom stereocenters. The van der Waals surface area contributed by atoms with E-state index in [2.05, 4.69) is 25.3 Å². The van der Waals surface area contributed by atoms with Crippen molar-refractivity contribution in [2.24, 2.45) is 0 Å². The quantitative estimate of drug-likeness (QED) is 0.691. The van der Waals surface area contributed by atoms with E-state index in [0.29, 0.717) is 31.3 Å². The molecule has 0 bridgehead atoms. The number of thiophene rings is 1. The number of hydrogen-bond donors (Lipinski definition) is 1. The molecule has 29 heavy (non-hydrogen) atoms. The molecule has 0 saturated carbocycles. The summed E-state index contributed by atoms with van der Waals surface area (Å²) in [5.41, 5.74) is 0.830. The van der Waals surface area contributed by atoms with Gasteiger partial charge in [-0.25, -0.2) is 9.78 Å². The van der Waals surface area contributed by atoms with Crippen LogP contribution in [0, 0.1) is 0 Å². The van der Waals surface area contributed by atoms with Gasteiger partial charge in [-0.3, -0.25) is 0 Å². The van der Waals surface area contributed by atoms with Crippen molar-refractivity contribution in [2.45, 2.75) is 26.3 Å². The zero-order valence-electron chi connectivity index (χ0n) is 16.5. The fraction of sp³-hybridized carbons (Fsp3) is 0.400. The predicted octanol–water partition coefficient (Wildman–Crippen LogP) is 3.35. The molecule has 0 atom stereocenters. The minimum absolute atomic E-state index is 0.0144. The average molecular weight is 413 g/mol. The fourth-order valence-corrected chi connectivity index (χ4v) is 3.76. The summed E-state index contributed by atoms with van der Waals surface area (Å²) in [5, 5.41) is 9.02. The summed E-state index contributed by atoms with van der Waals surface area (Å²) in [6.07, 6.45) is 1.77. The summed E-state index contributed by atoms with van der Waals surface area (Å²) < 4.78 is 5.26. The SMILES string of the molecule is CC(C)c1nc(-c2ccc(N3CCN(C(=O)NCc4cccs4)CC3)nc2)no1. The smallest absolute Gasteiger partial charge is 0.317 e. The zero-order chi connectivity index (χ0) is 20.2. The highest BCUT2D eigenvalue weighted by atomic mass is 32.1. The van der Waals surface area contributed by atoms with Crippen molar-refractivity contribution in [3.63, 3.8) is 0 Å². The molecule has 4 rings (SSSR count). The molecule has 3 aromatic rings. The van der Waals surface area contributed by atoms with Gasteiger partial charge in [0.25, 0.3) is 0 Å². The van der Waals surface area contributed by atoms with E-state index in [-0.39, 0.29) is 11.9 Å². The molecule has 3 aromatic heterocycles. The molecule has 0 spiro atoms. The fourth-order valence-electron chi connectivity index (χ4n) is 3.12. The topological polar surface area (TPSA) is 87.4 Å². The number of pyridine rings is 1. The Balaban J connectivity index is 1.30. The van der Waals surface area contributed by atoms with Crippen LogP contribution >= 0.6 is 11.3 Å². The van der Waals surface area contributed by atoms with Crippen molar-refractivity contribution in [3.05, 3.63) is 46.6 Å². The lowest BCUT2D eigenvalue weighted by Gasteiger charge is -2.35. The first kappa shape index (κ1) is 19.4. The van der Waals surface area contributed by atoms with Gasteiger partial charge in [-0.05, 0) is 23.6 Å². The van der Waals surface area contributed by atoms with Gasteiger partial charge in [-0.1, -0.05) is 25.1 Å². The Kier molecular flexibility index (Phi) is 5.75.